The van der Waals surface area contributed by atoms with Crippen LogP contribution in [0.25, 0.3) is 23.1 Å². The number of carbonyl (C=O) groups is 1. The first-order chi connectivity index (χ1) is 19.1. The number of nitrogens with zero attached hydrogens (tertiary/aromatic N) is 1. The van der Waals surface area contributed by atoms with Crippen LogP contribution in [0.5, 0.6) is 5.75 Å². The number of pyridine rings is 1. The van der Waals surface area contributed by atoms with E-state index in [4.69, 9.17) is 37.2 Å². The first-order valence-corrected chi connectivity index (χ1v) is 13.2. The summed E-state index contributed by atoms with van der Waals surface area (Å²) in [7, 11) is 0. The Labute approximate surface area is 246 Å². The van der Waals surface area contributed by atoms with E-state index in [1.807, 2.05) is 66.7 Å². The fourth-order valence-corrected chi connectivity index (χ4v) is 4.19. The number of hydrogen-bond donors (Lipinski definition) is 0. The molecule has 0 aliphatic heterocycles. The van der Waals surface area contributed by atoms with Gasteiger partial charge in [0.25, 0.3) is 0 Å². The van der Waals surface area contributed by atoms with Crippen molar-refractivity contribution in [3.05, 3.63) is 106 Å². The van der Waals surface area contributed by atoms with Crippen LogP contribution in [0.4, 0.5) is 0 Å². The molecule has 1 aromatic heterocycles. The van der Waals surface area contributed by atoms with Gasteiger partial charge < -0.3 is 14.2 Å². The quantitative estimate of drug-likeness (QED) is 0.0967. The maximum absolute atomic E-state index is 12.4. The predicted octanol–water partition coefficient (Wildman–Crippen LogP) is 8.21. The number of benzene rings is 3. The topological polar surface area (TPSA) is 57.7 Å². The lowest BCUT2D eigenvalue weighted by atomic mass is 10.1. The molecule has 0 bridgehead atoms. The van der Waals surface area contributed by atoms with Gasteiger partial charge in [-0.3, -0.25) is 0 Å². The lowest BCUT2D eigenvalue weighted by Crippen LogP contribution is -2.16. The predicted molar refractivity (Wildman–Crippen MR) is 164 cm³/mol. The third-order valence-corrected chi connectivity index (χ3v) is 6.20. The zero-order valence-electron chi connectivity index (χ0n) is 22.2. The highest BCUT2D eigenvalue weighted by Gasteiger charge is 2.17. The highest BCUT2D eigenvalue weighted by molar-refractivity contribution is 6.31. The largest absolute Gasteiger partial charge is 0.490 e. The van der Waals surface area contributed by atoms with Crippen LogP contribution < -0.4 is 4.74 Å². The lowest BCUT2D eigenvalue weighted by molar-refractivity contribution is 0.0175. The Morgan fingerprint density at radius 1 is 1.05 bits per heavy atom. The van der Waals surface area contributed by atoms with Gasteiger partial charge >= 0.3 is 5.97 Å². The van der Waals surface area contributed by atoms with Crippen LogP contribution in [0, 0.1) is 12.3 Å². The zero-order chi connectivity index (χ0) is 27.5. The maximum atomic E-state index is 12.4. The van der Waals surface area contributed by atoms with E-state index in [1.165, 1.54) is 0 Å². The van der Waals surface area contributed by atoms with Crippen LogP contribution in [-0.2, 0) is 9.47 Å². The molecule has 5 nitrogen and oxygen atoms in total. The molecule has 206 valence electrons. The first-order valence-electron chi connectivity index (χ1n) is 12.9. The monoisotopic (exact) mass is 575 g/mol. The number of hydrogen-bond acceptors (Lipinski definition) is 5. The van der Waals surface area contributed by atoms with Crippen LogP contribution in [0.15, 0.2) is 78.9 Å². The van der Waals surface area contributed by atoms with Crippen molar-refractivity contribution in [1.82, 2.24) is 4.98 Å². The second-order valence-corrected chi connectivity index (χ2v) is 9.21. The van der Waals surface area contributed by atoms with Crippen molar-refractivity contribution in [1.29, 1.82) is 0 Å². The van der Waals surface area contributed by atoms with Crippen LogP contribution in [0.3, 0.4) is 0 Å². The second-order valence-electron chi connectivity index (χ2n) is 8.77. The van der Waals surface area contributed by atoms with Crippen LogP contribution in [0.2, 0.25) is 5.02 Å². The number of fused-ring (bicyclic) bond motifs is 1. The summed E-state index contributed by atoms with van der Waals surface area (Å²) in [5.41, 5.74) is 4.00. The molecule has 0 spiro atoms. The van der Waals surface area contributed by atoms with Gasteiger partial charge in [0, 0.05) is 23.4 Å². The molecule has 3 aromatic carbocycles. The number of para-hydroxylation sites is 1. The highest BCUT2D eigenvalue weighted by Crippen LogP contribution is 2.25. The Morgan fingerprint density at radius 3 is 2.70 bits per heavy atom. The van der Waals surface area contributed by atoms with Gasteiger partial charge in [0.2, 0.25) is 0 Å². The molecule has 0 aliphatic carbocycles. The summed E-state index contributed by atoms with van der Waals surface area (Å²) < 4.78 is 17.5. The number of unbranched alkanes of at least 4 members (excludes halogenated alkanes) is 1. The standard InChI is InChI=1S/C33H30ClNO4.ClH/c1-3-5-8-20-38-32(23-39-31-13-7-6-12-29(31)33(36)37-4-2)26-11-9-10-24(21-26)14-18-28-19-16-25-15-17-27(34)22-30(25)35-28;/h1,6-7,9-19,21-22,32H,4-5,8,20,23H2,2H3;1H/b18-14+;. The van der Waals surface area contributed by atoms with Crippen LogP contribution in [-0.4, -0.2) is 30.8 Å². The van der Waals surface area contributed by atoms with Crippen molar-refractivity contribution in [3.8, 4) is 18.1 Å². The number of halogens is 2. The zero-order valence-corrected chi connectivity index (χ0v) is 23.8. The SMILES string of the molecule is C#CCCCOC(COc1ccccc1C(=O)OCC)c1cccc(/C=C/c2ccc3ccc(Cl)cc3n2)c1.Cl. The average molecular weight is 577 g/mol. The molecule has 0 radical (unpaired) electrons. The minimum atomic E-state index is -0.420. The summed E-state index contributed by atoms with van der Waals surface area (Å²) in [6.07, 6.45) is 10.4. The smallest absolute Gasteiger partial charge is 0.341 e. The molecule has 0 aliphatic rings. The molecule has 40 heavy (non-hydrogen) atoms. The molecule has 0 saturated carbocycles. The molecule has 4 rings (SSSR count). The molecule has 0 saturated heterocycles. The lowest BCUT2D eigenvalue weighted by Gasteiger charge is -2.20. The van der Waals surface area contributed by atoms with Crippen molar-refractivity contribution in [3.63, 3.8) is 0 Å². The van der Waals surface area contributed by atoms with Gasteiger partial charge in [-0.05, 0) is 66.9 Å². The minimum absolute atomic E-state index is 0. The van der Waals surface area contributed by atoms with E-state index in [9.17, 15) is 4.79 Å². The fraction of sp³-hybridized carbons (Fsp3) is 0.212. The van der Waals surface area contributed by atoms with Gasteiger partial charge in [-0.1, -0.05) is 60.1 Å². The minimum Gasteiger partial charge on any atom is -0.490 e. The molecule has 0 fully saturated rings. The molecule has 4 aromatic rings. The maximum Gasteiger partial charge on any atom is 0.341 e. The Kier molecular flexibility index (Phi) is 12.0. The summed E-state index contributed by atoms with van der Waals surface area (Å²) in [6, 6.07) is 24.8. The highest BCUT2D eigenvalue weighted by atomic mass is 35.5. The van der Waals surface area contributed by atoms with Gasteiger partial charge in [0.15, 0.2) is 0 Å². The van der Waals surface area contributed by atoms with Crippen LogP contribution in [0.1, 0.15) is 53.0 Å². The fourth-order valence-electron chi connectivity index (χ4n) is 4.02. The third-order valence-electron chi connectivity index (χ3n) is 5.96. The van der Waals surface area contributed by atoms with Crippen molar-refractivity contribution in [2.75, 3.05) is 19.8 Å². The Bertz CT molecular complexity index is 1500. The van der Waals surface area contributed by atoms with Gasteiger partial charge in [0.1, 0.15) is 24.0 Å². The summed E-state index contributed by atoms with van der Waals surface area (Å²) in [6.45, 7) is 2.76. The van der Waals surface area contributed by atoms with Gasteiger partial charge in [-0.2, -0.15) is 0 Å². The summed E-state index contributed by atoms with van der Waals surface area (Å²) in [5.74, 6) is 2.67. The van der Waals surface area contributed by atoms with Crippen molar-refractivity contribution < 1.29 is 19.0 Å². The van der Waals surface area contributed by atoms with Crippen molar-refractivity contribution in [2.24, 2.45) is 0 Å². The Morgan fingerprint density at radius 2 is 1.88 bits per heavy atom. The van der Waals surface area contributed by atoms with E-state index in [2.05, 4.69) is 12.0 Å². The molecule has 0 N–H and O–H groups in total. The third kappa shape index (κ3) is 8.59. The van der Waals surface area contributed by atoms with E-state index in [-0.39, 0.29) is 31.7 Å². The number of terminal acetylenes is 1. The van der Waals surface area contributed by atoms with Gasteiger partial charge in [-0.25, -0.2) is 9.78 Å². The van der Waals surface area contributed by atoms with Gasteiger partial charge in [-0.15, -0.1) is 24.8 Å². The first kappa shape index (κ1) is 30.7. The van der Waals surface area contributed by atoms with Crippen molar-refractivity contribution >= 4 is 53.0 Å². The molecule has 1 atom stereocenters. The number of aromatic nitrogens is 1. The van der Waals surface area contributed by atoms with E-state index in [1.54, 1.807) is 25.1 Å². The van der Waals surface area contributed by atoms with Crippen LogP contribution >= 0.6 is 24.0 Å². The summed E-state index contributed by atoms with van der Waals surface area (Å²) >= 11 is 6.13. The van der Waals surface area contributed by atoms with E-state index in [0.29, 0.717) is 29.4 Å². The average Bonchev–Trinajstić information content (AvgIpc) is 2.96. The summed E-state index contributed by atoms with van der Waals surface area (Å²) in [4.78, 5) is 17.1. The normalized spacial score (nSPS) is 11.5. The molecular formula is C33H31Cl2NO4. The Balaban J connectivity index is 0.00000441. The second kappa shape index (κ2) is 15.7. The van der Waals surface area contributed by atoms with E-state index < -0.39 is 5.97 Å². The number of ether oxygens (including phenoxy) is 3. The number of esters is 1. The van der Waals surface area contributed by atoms with Gasteiger partial charge in [0.05, 0.1) is 17.8 Å². The van der Waals surface area contributed by atoms with E-state index >= 15 is 0 Å². The van der Waals surface area contributed by atoms with Crippen molar-refractivity contribution in [2.45, 2.75) is 25.9 Å². The molecular weight excluding hydrogens is 545 g/mol. The molecule has 1 heterocycles. The molecule has 0 amide bonds. The molecule has 1 unspecified atom stereocenters. The molecule has 7 heteroatoms. The van der Waals surface area contributed by atoms with E-state index in [0.717, 1.165) is 34.1 Å². The summed E-state index contributed by atoms with van der Waals surface area (Å²) in [5, 5.41) is 1.69. The Hall–Kier alpha value is -3.82. The number of rotatable bonds is 12. The number of carbonyl (C=O) groups excluding carboxylic acids is 1.